The van der Waals surface area contributed by atoms with E-state index in [1.165, 1.54) is 18.3 Å². The zero-order valence-electron chi connectivity index (χ0n) is 15.0. The van der Waals surface area contributed by atoms with Gasteiger partial charge in [0.05, 0.1) is 16.4 Å². The number of rotatable bonds is 5. The van der Waals surface area contributed by atoms with Crippen LogP contribution in [0, 0.1) is 13.8 Å². The highest BCUT2D eigenvalue weighted by Gasteiger charge is 2.22. The highest BCUT2D eigenvalue weighted by Crippen LogP contribution is 2.37. The van der Waals surface area contributed by atoms with E-state index in [9.17, 15) is 4.79 Å². The summed E-state index contributed by atoms with van der Waals surface area (Å²) in [7, 11) is 1.96. The normalized spacial score (nSPS) is 11.0. The minimum atomic E-state index is -0.114. The number of halogens is 1. The van der Waals surface area contributed by atoms with Crippen LogP contribution in [-0.4, -0.2) is 20.4 Å². The first-order valence-electron chi connectivity index (χ1n) is 7.98. The number of nitrogens with zero attached hydrogens (tertiary/aromatic N) is 4. The van der Waals surface area contributed by atoms with E-state index in [2.05, 4.69) is 9.97 Å². The second kappa shape index (κ2) is 7.82. The standard InChI is InChI=1S/C18H19ClN4OS2/c1-11-7-12(2)16(15(19)8-11)23(13(3)24)18-21-14(10-26-18)9-25-17-20-5-6-22(17)4/h5-8,10H,9H2,1-4H3. The van der Waals surface area contributed by atoms with E-state index in [1.807, 2.05) is 49.2 Å². The van der Waals surface area contributed by atoms with Crippen molar-refractivity contribution >= 4 is 51.4 Å². The third-order valence-electron chi connectivity index (χ3n) is 3.79. The van der Waals surface area contributed by atoms with E-state index in [0.29, 0.717) is 21.6 Å². The molecule has 0 saturated carbocycles. The Morgan fingerprint density at radius 3 is 2.77 bits per heavy atom. The quantitative estimate of drug-likeness (QED) is 0.551. The zero-order valence-corrected chi connectivity index (χ0v) is 17.4. The van der Waals surface area contributed by atoms with Crippen molar-refractivity contribution in [1.29, 1.82) is 0 Å². The van der Waals surface area contributed by atoms with E-state index in [-0.39, 0.29) is 5.91 Å². The van der Waals surface area contributed by atoms with Gasteiger partial charge in [0.1, 0.15) is 0 Å². The second-order valence-electron chi connectivity index (χ2n) is 6.00. The maximum atomic E-state index is 12.3. The molecule has 3 rings (SSSR count). The summed E-state index contributed by atoms with van der Waals surface area (Å²) in [5.74, 6) is 0.574. The SMILES string of the molecule is CC(=O)N(c1nc(CSc2nccn2C)cs1)c1c(C)cc(C)cc1Cl. The fourth-order valence-corrected chi connectivity index (χ4v) is 4.88. The summed E-state index contributed by atoms with van der Waals surface area (Å²) >= 11 is 9.49. The lowest BCUT2D eigenvalue weighted by molar-refractivity contribution is -0.115. The first-order chi connectivity index (χ1) is 12.4. The number of aromatic nitrogens is 3. The predicted octanol–water partition coefficient (Wildman–Crippen LogP) is 5.12. The van der Waals surface area contributed by atoms with Crippen LogP contribution in [0.2, 0.25) is 5.02 Å². The number of thioether (sulfide) groups is 1. The summed E-state index contributed by atoms with van der Waals surface area (Å²) in [6.07, 6.45) is 3.68. The largest absolute Gasteiger partial charge is 0.329 e. The van der Waals surface area contributed by atoms with Crippen LogP contribution < -0.4 is 4.90 Å². The van der Waals surface area contributed by atoms with Gasteiger partial charge < -0.3 is 4.57 Å². The fourth-order valence-electron chi connectivity index (χ4n) is 2.67. The zero-order chi connectivity index (χ0) is 18.8. The topological polar surface area (TPSA) is 51.0 Å². The molecule has 26 heavy (non-hydrogen) atoms. The molecular weight excluding hydrogens is 388 g/mol. The predicted molar refractivity (Wildman–Crippen MR) is 109 cm³/mol. The molecule has 8 heteroatoms. The number of amides is 1. The molecule has 0 spiro atoms. The van der Waals surface area contributed by atoms with Gasteiger partial charge in [-0.05, 0) is 31.0 Å². The second-order valence-corrected chi connectivity index (χ2v) is 8.18. The van der Waals surface area contributed by atoms with Crippen LogP contribution >= 0.6 is 34.7 Å². The molecule has 5 nitrogen and oxygen atoms in total. The molecule has 0 aliphatic carbocycles. The lowest BCUT2D eigenvalue weighted by Crippen LogP contribution is -2.24. The molecule has 0 N–H and O–H groups in total. The van der Waals surface area contributed by atoms with Crippen LogP contribution in [0.25, 0.3) is 0 Å². The van der Waals surface area contributed by atoms with E-state index >= 15 is 0 Å². The van der Waals surface area contributed by atoms with Gasteiger partial charge in [0, 0.05) is 37.5 Å². The Balaban J connectivity index is 1.87. The fraction of sp³-hybridized carbons (Fsp3) is 0.278. The molecule has 0 fully saturated rings. The van der Waals surface area contributed by atoms with Gasteiger partial charge in [-0.2, -0.15) is 0 Å². The van der Waals surface area contributed by atoms with E-state index in [4.69, 9.17) is 11.6 Å². The number of hydrogen-bond donors (Lipinski definition) is 0. The minimum absolute atomic E-state index is 0.114. The van der Waals surface area contributed by atoms with Crippen LogP contribution in [0.1, 0.15) is 23.7 Å². The first-order valence-corrected chi connectivity index (χ1v) is 10.2. The Bertz CT molecular complexity index is 927. The number of aryl methyl sites for hydroxylation is 3. The molecule has 2 heterocycles. The molecule has 0 unspecified atom stereocenters. The van der Waals surface area contributed by atoms with Gasteiger partial charge in [-0.3, -0.25) is 9.69 Å². The monoisotopic (exact) mass is 406 g/mol. The van der Waals surface area contributed by atoms with Gasteiger partial charge in [0.2, 0.25) is 5.91 Å². The Labute approximate surface area is 166 Å². The molecule has 0 aliphatic rings. The van der Waals surface area contributed by atoms with Crippen molar-refractivity contribution in [2.45, 2.75) is 31.7 Å². The van der Waals surface area contributed by atoms with Crippen molar-refractivity contribution in [3.63, 3.8) is 0 Å². The maximum Gasteiger partial charge on any atom is 0.230 e. The molecule has 136 valence electrons. The number of carbonyl (C=O) groups is 1. The molecule has 2 aromatic heterocycles. The van der Waals surface area contributed by atoms with Gasteiger partial charge >= 0.3 is 0 Å². The lowest BCUT2D eigenvalue weighted by Gasteiger charge is -2.22. The summed E-state index contributed by atoms with van der Waals surface area (Å²) in [4.78, 5) is 22.9. The van der Waals surface area contributed by atoms with Crippen LogP contribution in [0.15, 0.2) is 35.1 Å². The van der Waals surface area contributed by atoms with Crippen molar-refractivity contribution in [3.05, 3.63) is 51.7 Å². The average Bonchev–Trinajstić information content (AvgIpc) is 3.17. The number of benzene rings is 1. The van der Waals surface area contributed by atoms with Gasteiger partial charge in [0.25, 0.3) is 0 Å². The van der Waals surface area contributed by atoms with Crippen molar-refractivity contribution in [3.8, 4) is 0 Å². The Morgan fingerprint density at radius 2 is 2.15 bits per heavy atom. The summed E-state index contributed by atoms with van der Waals surface area (Å²) in [5.41, 5.74) is 3.61. The first kappa shape index (κ1) is 18.9. The van der Waals surface area contributed by atoms with Crippen LogP contribution in [0.4, 0.5) is 10.8 Å². The van der Waals surface area contributed by atoms with E-state index < -0.39 is 0 Å². The maximum absolute atomic E-state index is 12.3. The van der Waals surface area contributed by atoms with Crippen LogP contribution in [0.5, 0.6) is 0 Å². The highest BCUT2D eigenvalue weighted by atomic mass is 35.5. The minimum Gasteiger partial charge on any atom is -0.329 e. The molecule has 0 aliphatic heterocycles. The van der Waals surface area contributed by atoms with Gasteiger partial charge in [-0.1, -0.05) is 29.4 Å². The van der Waals surface area contributed by atoms with Gasteiger partial charge in [-0.25, -0.2) is 9.97 Å². The number of hydrogen-bond acceptors (Lipinski definition) is 5. The number of thiazole rings is 1. The molecule has 3 aromatic rings. The average molecular weight is 407 g/mol. The van der Waals surface area contributed by atoms with Crippen molar-refractivity contribution in [1.82, 2.24) is 14.5 Å². The summed E-state index contributed by atoms with van der Waals surface area (Å²) in [6, 6.07) is 3.88. The highest BCUT2D eigenvalue weighted by molar-refractivity contribution is 7.98. The number of anilines is 2. The molecule has 1 amide bonds. The molecule has 0 bridgehead atoms. The molecule has 1 aromatic carbocycles. The lowest BCUT2D eigenvalue weighted by atomic mass is 10.1. The van der Waals surface area contributed by atoms with Crippen LogP contribution in [-0.2, 0) is 17.6 Å². The Hall–Kier alpha value is -1.83. The molecule has 0 radical (unpaired) electrons. The molecule has 0 atom stereocenters. The van der Waals surface area contributed by atoms with Crippen LogP contribution in [0.3, 0.4) is 0 Å². The van der Waals surface area contributed by atoms with Crippen molar-refractivity contribution in [2.75, 3.05) is 4.90 Å². The van der Waals surface area contributed by atoms with Crippen molar-refractivity contribution in [2.24, 2.45) is 7.05 Å². The van der Waals surface area contributed by atoms with E-state index in [1.54, 1.807) is 22.9 Å². The third kappa shape index (κ3) is 3.95. The Morgan fingerprint density at radius 1 is 1.38 bits per heavy atom. The molecular formula is C18H19ClN4OS2. The summed E-state index contributed by atoms with van der Waals surface area (Å²) in [6.45, 7) is 5.46. The summed E-state index contributed by atoms with van der Waals surface area (Å²) in [5, 5.41) is 4.08. The summed E-state index contributed by atoms with van der Waals surface area (Å²) < 4.78 is 1.97. The van der Waals surface area contributed by atoms with Gasteiger partial charge in [-0.15, -0.1) is 11.3 Å². The number of imidazole rings is 1. The number of carbonyl (C=O) groups excluding carboxylic acids is 1. The third-order valence-corrected chi connectivity index (χ3v) is 6.05. The molecule has 0 saturated heterocycles. The smallest absolute Gasteiger partial charge is 0.230 e. The Kier molecular flexibility index (Phi) is 5.70. The van der Waals surface area contributed by atoms with Gasteiger partial charge in [0.15, 0.2) is 10.3 Å². The van der Waals surface area contributed by atoms with Crippen molar-refractivity contribution < 1.29 is 4.79 Å². The van der Waals surface area contributed by atoms with E-state index in [0.717, 1.165) is 22.0 Å².